The van der Waals surface area contributed by atoms with E-state index in [1.807, 2.05) is 13.8 Å². The van der Waals surface area contributed by atoms with E-state index in [0.29, 0.717) is 25.8 Å². The number of unbranched alkanes of at least 4 members (excludes halogenated alkanes) is 5. The number of hydrogen-bond acceptors (Lipinski definition) is 5. The van der Waals surface area contributed by atoms with Crippen molar-refractivity contribution in [1.29, 1.82) is 0 Å². The number of rotatable bonds is 14. The molecule has 0 radical (unpaired) electrons. The first kappa shape index (κ1) is 31.9. The maximum Gasteiger partial charge on any atom is 0.243 e. The van der Waals surface area contributed by atoms with Crippen LogP contribution in [-0.4, -0.2) is 54.8 Å². The fourth-order valence-corrected chi connectivity index (χ4v) is 4.41. The Kier molecular flexibility index (Phi) is 16.1. The Bertz CT molecular complexity index is 685. The predicted octanol–water partition coefficient (Wildman–Crippen LogP) is 2.52. The second-order valence-corrected chi connectivity index (χ2v) is 10.7. The Morgan fingerprint density at radius 3 is 2.11 bits per heavy atom. The summed E-state index contributed by atoms with van der Waals surface area (Å²) in [4.78, 5) is 50.9. The maximum atomic E-state index is 13.1. The minimum Gasteiger partial charge on any atom is -0.351 e. The molecule has 0 aliphatic carbocycles. The molecule has 0 bridgehead atoms. The van der Waals surface area contributed by atoms with Crippen LogP contribution in [0.25, 0.3) is 0 Å². The molecule has 9 nitrogen and oxygen atoms in total. The highest BCUT2D eigenvalue weighted by Crippen LogP contribution is 2.16. The summed E-state index contributed by atoms with van der Waals surface area (Å²) in [6, 6.07) is -1.92. The molecule has 1 aliphatic rings. The average molecular weight is 510 g/mol. The van der Waals surface area contributed by atoms with Gasteiger partial charge < -0.3 is 27.0 Å². The Morgan fingerprint density at radius 1 is 0.806 bits per heavy atom. The quantitative estimate of drug-likeness (QED) is 0.229. The van der Waals surface area contributed by atoms with E-state index in [0.717, 1.165) is 25.2 Å². The summed E-state index contributed by atoms with van der Waals surface area (Å²) in [5.41, 5.74) is 5.58. The fraction of sp³-hybridized carbons (Fsp3) is 0.852. The highest BCUT2D eigenvalue weighted by molar-refractivity contribution is 5.94. The van der Waals surface area contributed by atoms with Crippen molar-refractivity contribution in [3.05, 3.63) is 0 Å². The SMILES string of the molecule is CCC(C)CCCCCCCC[C@@H]1CC(=O)NCC(=O)N[C@@H](CCCN)C(=O)N[C@@H](C(C)C)C(=O)N1. The lowest BCUT2D eigenvalue weighted by Crippen LogP contribution is -2.56. The van der Waals surface area contributed by atoms with Crippen LogP contribution in [0.3, 0.4) is 0 Å². The molecule has 1 unspecified atom stereocenters. The highest BCUT2D eigenvalue weighted by atomic mass is 16.2. The minimum absolute atomic E-state index is 0.100. The number of amides is 4. The normalized spacial score (nSPS) is 23.0. The molecule has 0 aromatic rings. The third-order valence-electron chi connectivity index (χ3n) is 7.02. The molecule has 6 N–H and O–H groups in total. The van der Waals surface area contributed by atoms with Crippen LogP contribution in [0.15, 0.2) is 0 Å². The lowest BCUT2D eigenvalue weighted by atomic mass is 9.98. The average Bonchev–Trinajstić information content (AvgIpc) is 2.84. The monoisotopic (exact) mass is 509 g/mol. The van der Waals surface area contributed by atoms with Gasteiger partial charge in [0.05, 0.1) is 6.54 Å². The summed E-state index contributed by atoms with van der Waals surface area (Å²) in [5.74, 6) is -0.809. The lowest BCUT2D eigenvalue weighted by molar-refractivity contribution is -0.133. The van der Waals surface area contributed by atoms with Gasteiger partial charge in [-0.05, 0) is 37.6 Å². The molecular formula is C27H51N5O4. The first-order valence-electron chi connectivity index (χ1n) is 14.0. The molecule has 0 aromatic carbocycles. The van der Waals surface area contributed by atoms with Crippen LogP contribution >= 0.6 is 0 Å². The van der Waals surface area contributed by atoms with E-state index >= 15 is 0 Å². The Balaban J connectivity index is 2.73. The van der Waals surface area contributed by atoms with Gasteiger partial charge in [-0.1, -0.05) is 79.1 Å². The molecule has 1 heterocycles. The number of carbonyl (C=O) groups is 4. The Hall–Kier alpha value is -2.16. The van der Waals surface area contributed by atoms with Gasteiger partial charge in [0.15, 0.2) is 0 Å². The first-order valence-corrected chi connectivity index (χ1v) is 14.0. The predicted molar refractivity (Wildman–Crippen MR) is 143 cm³/mol. The molecule has 208 valence electrons. The zero-order valence-corrected chi connectivity index (χ0v) is 23.0. The van der Waals surface area contributed by atoms with Gasteiger partial charge in [-0.15, -0.1) is 0 Å². The van der Waals surface area contributed by atoms with E-state index in [1.165, 1.54) is 32.1 Å². The van der Waals surface area contributed by atoms with Crippen molar-refractivity contribution >= 4 is 23.6 Å². The molecule has 9 heteroatoms. The van der Waals surface area contributed by atoms with E-state index < -0.39 is 23.9 Å². The van der Waals surface area contributed by atoms with Crippen LogP contribution in [0, 0.1) is 11.8 Å². The molecule has 4 amide bonds. The summed E-state index contributed by atoms with van der Waals surface area (Å²) in [6.07, 6.45) is 11.0. The molecule has 0 aromatic heterocycles. The molecule has 1 aliphatic heterocycles. The fourth-order valence-electron chi connectivity index (χ4n) is 4.41. The third kappa shape index (κ3) is 13.2. The van der Waals surface area contributed by atoms with Gasteiger partial charge in [0, 0.05) is 12.5 Å². The Morgan fingerprint density at radius 2 is 1.47 bits per heavy atom. The zero-order chi connectivity index (χ0) is 26.9. The van der Waals surface area contributed by atoms with Gasteiger partial charge in [-0.2, -0.15) is 0 Å². The maximum absolute atomic E-state index is 13.1. The van der Waals surface area contributed by atoms with Crippen LogP contribution in [0.4, 0.5) is 0 Å². The summed E-state index contributed by atoms with van der Waals surface area (Å²) in [5, 5.41) is 11.1. The van der Waals surface area contributed by atoms with Gasteiger partial charge in [-0.3, -0.25) is 19.2 Å². The summed E-state index contributed by atoms with van der Waals surface area (Å²) in [6.45, 7) is 8.43. The van der Waals surface area contributed by atoms with E-state index in [1.54, 1.807) is 0 Å². The molecule has 36 heavy (non-hydrogen) atoms. The van der Waals surface area contributed by atoms with Crippen molar-refractivity contribution in [2.24, 2.45) is 17.6 Å². The van der Waals surface area contributed by atoms with Gasteiger partial charge in [0.25, 0.3) is 0 Å². The van der Waals surface area contributed by atoms with Crippen LogP contribution in [0.1, 0.15) is 105 Å². The molecular weight excluding hydrogens is 458 g/mol. The summed E-state index contributed by atoms with van der Waals surface area (Å²) >= 11 is 0. The second kappa shape index (κ2) is 18.1. The molecule has 0 saturated carbocycles. The van der Waals surface area contributed by atoms with Gasteiger partial charge in [0.2, 0.25) is 23.6 Å². The minimum atomic E-state index is -0.811. The van der Waals surface area contributed by atoms with Crippen molar-refractivity contribution in [2.45, 2.75) is 123 Å². The third-order valence-corrected chi connectivity index (χ3v) is 7.02. The largest absolute Gasteiger partial charge is 0.351 e. The smallest absolute Gasteiger partial charge is 0.243 e. The zero-order valence-electron chi connectivity index (χ0n) is 23.0. The molecule has 0 spiro atoms. The van der Waals surface area contributed by atoms with E-state index in [4.69, 9.17) is 5.73 Å². The number of carbonyl (C=O) groups excluding carboxylic acids is 4. The van der Waals surface area contributed by atoms with Crippen LogP contribution in [0.5, 0.6) is 0 Å². The number of hydrogen-bond donors (Lipinski definition) is 5. The van der Waals surface area contributed by atoms with E-state index in [2.05, 4.69) is 35.1 Å². The number of nitrogens with two attached hydrogens (primary N) is 1. The van der Waals surface area contributed by atoms with E-state index in [9.17, 15) is 19.2 Å². The summed E-state index contributed by atoms with van der Waals surface area (Å²) in [7, 11) is 0. The summed E-state index contributed by atoms with van der Waals surface area (Å²) < 4.78 is 0. The van der Waals surface area contributed by atoms with Gasteiger partial charge in [0.1, 0.15) is 12.1 Å². The molecule has 1 saturated heterocycles. The Labute approximate surface area is 217 Å². The number of nitrogens with one attached hydrogen (secondary N) is 4. The van der Waals surface area contributed by atoms with Gasteiger partial charge in [-0.25, -0.2) is 0 Å². The van der Waals surface area contributed by atoms with Gasteiger partial charge >= 0.3 is 0 Å². The molecule has 1 rings (SSSR count). The topological polar surface area (TPSA) is 142 Å². The molecule has 4 atom stereocenters. The molecule has 1 fully saturated rings. The lowest BCUT2D eigenvalue weighted by Gasteiger charge is -2.27. The van der Waals surface area contributed by atoms with Crippen LogP contribution < -0.4 is 27.0 Å². The van der Waals surface area contributed by atoms with Crippen molar-refractivity contribution < 1.29 is 19.2 Å². The van der Waals surface area contributed by atoms with Crippen molar-refractivity contribution in [3.63, 3.8) is 0 Å². The van der Waals surface area contributed by atoms with Crippen molar-refractivity contribution in [2.75, 3.05) is 13.1 Å². The highest BCUT2D eigenvalue weighted by Gasteiger charge is 2.30. The van der Waals surface area contributed by atoms with Crippen molar-refractivity contribution in [1.82, 2.24) is 21.3 Å². The van der Waals surface area contributed by atoms with Crippen LogP contribution in [-0.2, 0) is 19.2 Å². The standard InChI is InChI=1S/C27H51N5O4/c1-5-20(4)13-10-8-6-7-9-11-14-21-17-23(33)29-18-24(34)31-22(15-12-16-28)26(35)32-25(19(2)3)27(36)30-21/h19-22,25H,5-18,28H2,1-4H3,(H,29,33)(H,30,36)(H,31,34)(H,32,35)/t20?,21-,22+,25+/m1/s1. The van der Waals surface area contributed by atoms with Crippen LogP contribution in [0.2, 0.25) is 0 Å². The van der Waals surface area contributed by atoms with E-state index in [-0.39, 0.29) is 36.7 Å². The van der Waals surface area contributed by atoms with Crippen molar-refractivity contribution in [3.8, 4) is 0 Å². The second-order valence-electron chi connectivity index (χ2n) is 10.7. The first-order chi connectivity index (χ1) is 17.2.